The van der Waals surface area contributed by atoms with Crippen LogP contribution in [-0.2, 0) is 11.2 Å². The molecule has 4 nitrogen and oxygen atoms in total. The number of hydrogen-bond acceptors (Lipinski definition) is 3. The molecule has 1 saturated heterocycles. The van der Waals surface area contributed by atoms with Crippen LogP contribution in [0.1, 0.15) is 12.5 Å². The van der Waals surface area contributed by atoms with E-state index in [1.54, 1.807) is 18.2 Å². The Bertz CT molecular complexity index is 709. The Balaban J connectivity index is 1.56. The number of carbonyl (C=O) groups is 1. The maximum atomic E-state index is 13.6. The van der Waals surface area contributed by atoms with E-state index in [0.29, 0.717) is 5.56 Å². The number of anilines is 2. The highest BCUT2D eigenvalue weighted by molar-refractivity contribution is 5.92. The van der Waals surface area contributed by atoms with Gasteiger partial charge in [-0.15, -0.1) is 0 Å². The summed E-state index contributed by atoms with van der Waals surface area (Å²) < 4.78 is 13.6. The van der Waals surface area contributed by atoms with Gasteiger partial charge in [0.1, 0.15) is 5.82 Å². The molecule has 1 heterocycles. The summed E-state index contributed by atoms with van der Waals surface area (Å²) in [6, 6.07) is 14.2. The first-order valence-electron chi connectivity index (χ1n) is 8.76. The highest BCUT2D eigenvalue weighted by atomic mass is 19.1. The van der Waals surface area contributed by atoms with E-state index >= 15 is 0 Å². The number of hydrogen-bond donors (Lipinski definition) is 1. The van der Waals surface area contributed by atoms with Gasteiger partial charge < -0.3 is 15.1 Å². The third-order valence-electron chi connectivity index (χ3n) is 4.64. The van der Waals surface area contributed by atoms with Gasteiger partial charge in [-0.2, -0.15) is 0 Å². The summed E-state index contributed by atoms with van der Waals surface area (Å²) in [5.74, 6) is -0.561. The van der Waals surface area contributed by atoms with Crippen LogP contribution in [0.25, 0.3) is 0 Å². The van der Waals surface area contributed by atoms with Crippen LogP contribution in [0.3, 0.4) is 0 Å². The molecule has 0 spiro atoms. The summed E-state index contributed by atoms with van der Waals surface area (Å²) in [6.45, 7) is 7.49. The van der Waals surface area contributed by atoms with Crippen LogP contribution in [0.2, 0.25) is 0 Å². The van der Waals surface area contributed by atoms with Crippen molar-refractivity contribution >= 4 is 17.3 Å². The van der Waals surface area contributed by atoms with Crippen molar-refractivity contribution in [3.63, 3.8) is 0 Å². The fraction of sp³-hybridized carbons (Fsp3) is 0.350. The van der Waals surface area contributed by atoms with E-state index in [0.717, 1.165) is 38.4 Å². The lowest BCUT2D eigenvalue weighted by Crippen LogP contribution is -2.46. The average Bonchev–Trinajstić information content (AvgIpc) is 2.64. The van der Waals surface area contributed by atoms with Crippen molar-refractivity contribution in [2.24, 2.45) is 0 Å². The Hall–Kier alpha value is -2.40. The highest BCUT2D eigenvalue weighted by Gasteiger charge is 2.15. The molecule has 5 heteroatoms. The van der Waals surface area contributed by atoms with Crippen LogP contribution in [0, 0.1) is 5.82 Å². The molecule has 2 aromatic rings. The maximum Gasteiger partial charge on any atom is 0.228 e. The van der Waals surface area contributed by atoms with E-state index in [4.69, 9.17) is 0 Å². The zero-order chi connectivity index (χ0) is 17.6. The second-order valence-corrected chi connectivity index (χ2v) is 6.28. The molecule has 2 aromatic carbocycles. The Morgan fingerprint density at radius 3 is 2.36 bits per heavy atom. The Labute approximate surface area is 148 Å². The SMILES string of the molecule is CCN1CCN(c2ccc(NC(=O)Cc3ccccc3F)cc2)CC1. The molecule has 0 aromatic heterocycles. The van der Waals surface area contributed by atoms with E-state index in [-0.39, 0.29) is 18.1 Å². The number of benzene rings is 2. The second kappa shape index (κ2) is 8.12. The third kappa shape index (κ3) is 4.57. The van der Waals surface area contributed by atoms with Gasteiger partial charge in [-0.05, 0) is 42.4 Å². The summed E-state index contributed by atoms with van der Waals surface area (Å²) >= 11 is 0. The van der Waals surface area contributed by atoms with Crippen molar-refractivity contribution in [1.29, 1.82) is 0 Å². The predicted octanol–water partition coefficient (Wildman–Crippen LogP) is 3.15. The largest absolute Gasteiger partial charge is 0.369 e. The molecule has 0 unspecified atom stereocenters. The van der Waals surface area contributed by atoms with Crippen molar-refractivity contribution in [2.45, 2.75) is 13.3 Å². The number of carbonyl (C=O) groups excluding carboxylic acids is 1. The van der Waals surface area contributed by atoms with E-state index in [1.807, 2.05) is 24.3 Å². The van der Waals surface area contributed by atoms with Crippen LogP contribution in [-0.4, -0.2) is 43.5 Å². The van der Waals surface area contributed by atoms with Gasteiger partial charge in [0.2, 0.25) is 5.91 Å². The number of piperazine rings is 1. The molecular weight excluding hydrogens is 317 g/mol. The minimum atomic E-state index is -0.348. The summed E-state index contributed by atoms with van der Waals surface area (Å²) in [4.78, 5) is 16.9. The molecule has 0 aliphatic carbocycles. The van der Waals surface area contributed by atoms with Gasteiger partial charge in [-0.25, -0.2) is 4.39 Å². The molecule has 0 radical (unpaired) electrons. The molecule has 1 amide bonds. The van der Waals surface area contributed by atoms with Crippen LogP contribution < -0.4 is 10.2 Å². The molecule has 0 saturated carbocycles. The zero-order valence-electron chi connectivity index (χ0n) is 14.5. The smallest absolute Gasteiger partial charge is 0.228 e. The molecule has 1 N–H and O–H groups in total. The standard InChI is InChI=1S/C20H24FN3O/c1-2-23-11-13-24(14-12-23)18-9-7-17(8-10-18)22-20(25)15-16-5-3-4-6-19(16)21/h3-10H,2,11-15H2,1H3,(H,22,25). The summed E-state index contributed by atoms with van der Waals surface area (Å²) in [7, 11) is 0. The molecule has 1 aliphatic rings. The molecule has 1 aliphatic heterocycles. The van der Waals surface area contributed by atoms with Crippen LogP contribution in [0.5, 0.6) is 0 Å². The lowest BCUT2D eigenvalue weighted by Gasteiger charge is -2.35. The molecule has 25 heavy (non-hydrogen) atoms. The van der Waals surface area contributed by atoms with E-state index in [9.17, 15) is 9.18 Å². The summed E-state index contributed by atoms with van der Waals surface area (Å²) in [6.07, 6.45) is 0.0351. The van der Waals surface area contributed by atoms with Gasteiger partial charge in [-0.1, -0.05) is 25.1 Å². The predicted molar refractivity (Wildman–Crippen MR) is 99.5 cm³/mol. The molecule has 1 fully saturated rings. The monoisotopic (exact) mass is 341 g/mol. The highest BCUT2D eigenvalue weighted by Crippen LogP contribution is 2.20. The van der Waals surface area contributed by atoms with Crippen LogP contribution in [0.15, 0.2) is 48.5 Å². The first kappa shape index (κ1) is 17.4. The Morgan fingerprint density at radius 1 is 1.04 bits per heavy atom. The number of nitrogens with zero attached hydrogens (tertiary/aromatic N) is 2. The lowest BCUT2D eigenvalue weighted by molar-refractivity contribution is -0.115. The van der Waals surface area contributed by atoms with E-state index in [1.165, 1.54) is 11.8 Å². The molecule has 132 valence electrons. The van der Waals surface area contributed by atoms with Gasteiger partial charge in [0, 0.05) is 37.6 Å². The Kier molecular flexibility index (Phi) is 5.66. The van der Waals surface area contributed by atoms with Crippen molar-refractivity contribution in [2.75, 3.05) is 42.9 Å². The number of nitrogens with one attached hydrogen (secondary N) is 1. The molecular formula is C20H24FN3O. The lowest BCUT2D eigenvalue weighted by atomic mass is 10.1. The second-order valence-electron chi connectivity index (χ2n) is 6.28. The van der Waals surface area contributed by atoms with E-state index in [2.05, 4.69) is 22.0 Å². The van der Waals surface area contributed by atoms with Crippen molar-refractivity contribution in [3.05, 3.63) is 59.9 Å². The maximum absolute atomic E-state index is 13.6. The van der Waals surface area contributed by atoms with Gasteiger partial charge in [0.15, 0.2) is 0 Å². The molecule has 3 rings (SSSR count). The van der Waals surface area contributed by atoms with Crippen LogP contribution >= 0.6 is 0 Å². The van der Waals surface area contributed by atoms with Gasteiger partial charge in [-0.3, -0.25) is 4.79 Å². The number of amides is 1. The average molecular weight is 341 g/mol. The topological polar surface area (TPSA) is 35.6 Å². The van der Waals surface area contributed by atoms with Crippen molar-refractivity contribution in [3.8, 4) is 0 Å². The summed E-state index contributed by atoms with van der Waals surface area (Å²) in [5.41, 5.74) is 2.31. The van der Waals surface area contributed by atoms with Crippen molar-refractivity contribution in [1.82, 2.24) is 4.90 Å². The molecule has 0 atom stereocenters. The zero-order valence-corrected chi connectivity index (χ0v) is 14.5. The number of likely N-dealkylation sites (N-methyl/N-ethyl adjacent to an activating group) is 1. The fourth-order valence-electron chi connectivity index (χ4n) is 3.10. The quantitative estimate of drug-likeness (QED) is 0.907. The first-order chi connectivity index (χ1) is 12.2. The fourth-order valence-corrected chi connectivity index (χ4v) is 3.10. The Morgan fingerprint density at radius 2 is 1.72 bits per heavy atom. The van der Waals surface area contributed by atoms with Crippen molar-refractivity contribution < 1.29 is 9.18 Å². The van der Waals surface area contributed by atoms with Gasteiger partial charge >= 0.3 is 0 Å². The first-order valence-corrected chi connectivity index (χ1v) is 8.76. The summed E-state index contributed by atoms with van der Waals surface area (Å²) in [5, 5.41) is 2.83. The van der Waals surface area contributed by atoms with Gasteiger partial charge in [0.25, 0.3) is 0 Å². The van der Waals surface area contributed by atoms with E-state index < -0.39 is 0 Å². The third-order valence-corrected chi connectivity index (χ3v) is 4.64. The normalized spacial score (nSPS) is 15.2. The number of halogens is 1. The minimum Gasteiger partial charge on any atom is -0.369 e. The number of rotatable bonds is 5. The van der Waals surface area contributed by atoms with Gasteiger partial charge in [0.05, 0.1) is 6.42 Å². The molecule has 0 bridgehead atoms. The minimum absolute atomic E-state index is 0.0351. The van der Waals surface area contributed by atoms with Crippen LogP contribution in [0.4, 0.5) is 15.8 Å².